The second kappa shape index (κ2) is 10.3. The van der Waals surface area contributed by atoms with Crippen LogP contribution in [0, 0.1) is 0 Å². The van der Waals surface area contributed by atoms with Crippen molar-refractivity contribution in [3.05, 3.63) is 0 Å². The smallest absolute Gasteiger partial charge is 0.316 e. The molecule has 0 aromatic heterocycles. The summed E-state index contributed by atoms with van der Waals surface area (Å²) in [4.78, 5) is 9.46. The molecule has 3 heteroatoms. The van der Waals surface area contributed by atoms with Crippen molar-refractivity contribution >= 4 is 29.5 Å². The van der Waals surface area contributed by atoms with Crippen LogP contribution in [0.15, 0.2) is 0 Å². The van der Waals surface area contributed by atoms with Crippen molar-refractivity contribution in [2.45, 2.75) is 19.8 Å². The Bertz CT molecular complexity index is 47.7. The highest BCUT2D eigenvalue weighted by Crippen LogP contribution is 1.83. The van der Waals surface area contributed by atoms with Gasteiger partial charge in [0.2, 0.25) is 0 Å². The topological polar surface area (TPSA) is 26.3 Å². The SMILES string of the molecule is CCCCOC=O.[MgH2]. The molecule has 0 aliphatic heterocycles. The lowest BCUT2D eigenvalue weighted by Crippen LogP contribution is -1.88. The molecule has 0 aromatic carbocycles. The van der Waals surface area contributed by atoms with E-state index in [0.29, 0.717) is 13.1 Å². The first-order valence-corrected chi connectivity index (χ1v) is 2.47. The molecule has 0 unspecified atom stereocenters. The van der Waals surface area contributed by atoms with E-state index in [4.69, 9.17) is 0 Å². The number of carbonyl (C=O) groups is 1. The molecule has 0 aromatic rings. The van der Waals surface area contributed by atoms with Gasteiger partial charge in [-0.3, -0.25) is 4.79 Å². The minimum Gasteiger partial charge on any atom is -0.468 e. The molecule has 0 aliphatic carbocycles. The maximum atomic E-state index is 9.46. The van der Waals surface area contributed by atoms with Crippen LogP contribution in [-0.4, -0.2) is 36.1 Å². The normalized spacial score (nSPS) is 7.12. The first kappa shape index (κ1) is 11.1. The van der Waals surface area contributed by atoms with Gasteiger partial charge < -0.3 is 4.74 Å². The summed E-state index contributed by atoms with van der Waals surface area (Å²) in [5, 5.41) is 0. The largest absolute Gasteiger partial charge is 0.468 e. The van der Waals surface area contributed by atoms with Crippen LogP contribution >= 0.6 is 0 Å². The van der Waals surface area contributed by atoms with E-state index < -0.39 is 0 Å². The quantitative estimate of drug-likeness (QED) is 0.304. The van der Waals surface area contributed by atoms with Gasteiger partial charge in [0.05, 0.1) is 6.61 Å². The van der Waals surface area contributed by atoms with E-state index in [0.717, 1.165) is 12.8 Å². The predicted octanol–water partition coefficient (Wildman–Crippen LogP) is 0.0433. The zero-order valence-corrected chi connectivity index (χ0v) is 4.52. The fourth-order valence-electron chi connectivity index (χ4n) is 0.276. The number of hydrogen-bond donors (Lipinski definition) is 0. The molecular weight excluding hydrogens is 116 g/mol. The highest BCUT2D eigenvalue weighted by atomic mass is 24.3. The van der Waals surface area contributed by atoms with E-state index >= 15 is 0 Å². The number of hydrogen-bond acceptors (Lipinski definition) is 2. The van der Waals surface area contributed by atoms with Gasteiger partial charge in [-0.25, -0.2) is 0 Å². The molecule has 0 amide bonds. The summed E-state index contributed by atoms with van der Waals surface area (Å²) >= 11 is 0. The third-order valence-electron chi connectivity index (χ3n) is 0.684. The maximum Gasteiger partial charge on any atom is 0.316 e. The summed E-state index contributed by atoms with van der Waals surface area (Å²) < 4.78 is 4.39. The van der Waals surface area contributed by atoms with Gasteiger partial charge in [0, 0.05) is 0 Å². The first-order valence-electron chi connectivity index (χ1n) is 2.47. The highest BCUT2D eigenvalue weighted by Gasteiger charge is 1.78. The van der Waals surface area contributed by atoms with Gasteiger partial charge in [-0.2, -0.15) is 0 Å². The van der Waals surface area contributed by atoms with E-state index in [1.54, 1.807) is 0 Å². The molecular formula is C5H12MgO2. The van der Waals surface area contributed by atoms with Crippen LogP contribution in [0.1, 0.15) is 19.8 Å². The zero-order chi connectivity index (χ0) is 5.54. The van der Waals surface area contributed by atoms with Crippen molar-refractivity contribution in [1.82, 2.24) is 0 Å². The van der Waals surface area contributed by atoms with Crippen molar-refractivity contribution in [2.75, 3.05) is 6.61 Å². The molecule has 0 rings (SSSR count). The molecule has 0 atom stereocenters. The second-order valence-corrected chi connectivity index (χ2v) is 1.32. The van der Waals surface area contributed by atoms with Gasteiger partial charge in [-0.15, -0.1) is 0 Å². The Hall–Kier alpha value is 0.236. The van der Waals surface area contributed by atoms with Crippen molar-refractivity contribution in [3.8, 4) is 0 Å². The number of rotatable bonds is 4. The van der Waals surface area contributed by atoms with Crippen LogP contribution in [0.2, 0.25) is 0 Å². The van der Waals surface area contributed by atoms with E-state index in [1.807, 2.05) is 6.92 Å². The van der Waals surface area contributed by atoms with Crippen LogP contribution in [0.25, 0.3) is 0 Å². The highest BCUT2D eigenvalue weighted by molar-refractivity contribution is 5.75. The molecule has 0 radical (unpaired) electrons. The molecule has 0 bridgehead atoms. The number of ether oxygens (including phenoxy) is 1. The first-order chi connectivity index (χ1) is 3.41. The van der Waals surface area contributed by atoms with E-state index in [9.17, 15) is 4.79 Å². The van der Waals surface area contributed by atoms with Crippen molar-refractivity contribution < 1.29 is 9.53 Å². The van der Waals surface area contributed by atoms with Crippen LogP contribution < -0.4 is 0 Å². The summed E-state index contributed by atoms with van der Waals surface area (Å²) in [7, 11) is 0. The Labute approximate surface area is 65.7 Å². The molecule has 0 fully saturated rings. The van der Waals surface area contributed by atoms with Gasteiger partial charge in [-0.05, 0) is 6.42 Å². The number of unbranched alkanes of at least 4 members (excludes halogenated alkanes) is 1. The third-order valence-corrected chi connectivity index (χ3v) is 0.684. The molecule has 0 saturated heterocycles. The molecule has 8 heavy (non-hydrogen) atoms. The molecule has 0 saturated carbocycles. The summed E-state index contributed by atoms with van der Waals surface area (Å²) in [6.45, 7) is 3.10. The lowest BCUT2D eigenvalue weighted by atomic mass is 10.4. The van der Waals surface area contributed by atoms with Crippen molar-refractivity contribution in [2.24, 2.45) is 0 Å². The van der Waals surface area contributed by atoms with Crippen LogP contribution in [0.3, 0.4) is 0 Å². The Morgan fingerprint density at radius 2 is 2.25 bits per heavy atom. The summed E-state index contributed by atoms with van der Waals surface area (Å²) in [5.74, 6) is 0. The minimum atomic E-state index is 0. The van der Waals surface area contributed by atoms with Gasteiger partial charge >= 0.3 is 23.1 Å². The monoisotopic (exact) mass is 128 g/mol. The van der Waals surface area contributed by atoms with Gasteiger partial charge in [0.25, 0.3) is 6.47 Å². The Morgan fingerprint density at radius 1 is 1.62 bits per heavy atom. The summed E-state index contributed by atoms with van der Waals surface area (Å²) in [5.41, 5.74) is 0. The molecule has 0 heterocycles. The lowest BCUT2D eigenvalue weighted by Gasteiger charge is -1.90. The van der Waals surface area contributed by atoms with Crippen LogP contribution in [0.4, 0.5) is 0 Å². The lowest BCUT2D eigenvalue weighted by molar-refractivity contribution is -0.128. The minimum absolute atomic E-state index is 0. The van der Waals surface area contributed by atoms with Crippen LogP contribution in [-0.2, 0) is 9.53 Å². The molecule has 0 aliphatic rings. The third kappa shape index (κ3) is 9.53. The molecule has 0 spiro atoms. The summed E-state index contributed by atoms with van der Waals surface area (Å²) in [6.07, 6.45) is 2.05. The fraction of sp³-hybridized carbons (Fsp3) is 0.800. The van der Waals surface area contributed by atoms with E-state index in [2.05, 4.69) is 4.74 Å². The zero-order valence-electron chi connectivity index (χ0n) is 4.52. The van der Waals surface area contributed by atoms with E-state index in [-0.39, 0.29) is 23.1 Å². The summed E-state index contributed by atoms with van der Waals surface area (Å²) in [6, 6.07) is 0. The Morgan fingerprint density at radius 3 is 2.62 bits per heavy atom. The maximum absolute atomic E-state index is 9.46. The van der Waals surface area contributed by atoms with Gasteiger partial charge in [0.15, 0.2) is 0 Å². The van der Waals surface area contributed by atoms with Crippen LogP contribution in [0.5, 0.6) is 0 Å². The Balaban J connectivity index is 0. The molecule has 0 N–H and O–H groups in total. The Kier molecular flexibility index (Phi) is 14.2. The molecule has 2 nitrogen and oxygen atoms in total. The average Bonchev–Trinajstić information content (AvgIpc) is 1.69. The van der Waals surface area contributed by atoms with Gasteiger partial charge in [-0.1, -0.05) is 13.3 Å². The second-order valence-electron chi connectivity index (χ2n) is 1.32. The predicted molar refractivity (Wildman–Crippen MR) is 35.5 cm³/mol. The van der Waals surface area contributed by atoms with E-state index in [1.165, 1.54) is 0 Å². The average molecular weight is 128 g/mol. The van der Waals surface area contributed by atoms with Gasteiger partial charge in [0.1, 0.15) is 0 Å². The molecule has 46 valence electrons. The van der Waals surface area contributed by atoms with Crippen molar-refractivity contribution in [3.63, 3.8) is 0 Å². The number of carbonyl (C=O) groups excluding carboxylic acids is 1. The fourth-order valence-corrected chi connectivity index (χ4v) is 0.276. The standard InChI is InChI=1S/C5H10O2.Mg.2H/c1-2-3-4-7-5-6;;;/h5H,2-4H2,1H3;;;. The van der Waals surface area contributed by atoms with Crippen molar-refractivity contribution in [1.29, 1.82) is 0 Å².